The van der Waals surface area contributed by atoms with E-state index in [1.54, 1.807) is 0 Å². The molecule has 0 atom stereocenters. The number of thiazole rings is 1. The molecule has 2 heterocycles. The molecule has 0 radical (unpaired) electrons. The number of carboxylic acids is 1. The minimum absolute atomic E-state index is 0.275. The molecule has 0 aliphatic carbocycles. The Morgan fingerprint density at radius 1 is 1.53 bits per heavy atom. The van der Waals surface area contributed by atoms with Crippen molar-refractivity contribution in [3.05, 3.63) is 8.39 Å². The second-order valence-corrected chi connectivity index (χ2v) is 6.94. The molecule has 0 saturated heterocycles. The zero-order valence-electron chi connectivity index (χ0n) is 7.87. The number of halogens is 2. The first-order chi connectivity index (χ1) is 8.06. The van der Waals surface area contributed by atoms with E-state index in [2.05, 4.69) is 52.4 Å². The first-order valence-corrected chi connectivity index (χ1v) is 7.26. The topological polar surface area (TPSA) is 93.8 Å². The van der Waals surface area contributed by atoms with Crippen LogP contribution in [0.4, 0.5) is 0 Å². The molecule has 0 spiro atoms. The number of nitrogens with zero attached hydrogens (tertiary/aromatic N) is 5. The molecular formula is C6H3Br2N5O2S2. The van der Waals surface area contributed by atoms with Gasteiger partial charge in [0.1, 0.15) is 14.9 Å². The van der Waals surface area contributed by atoms with Gasteiger partial charge in [-0.15, -0.1) is 5.10 Å². The summed E-state index contributed by atoms with van der Waals surface area (Å²) in [5.41, 5.74) is 0. The van der Waals surface area contributed by atoms with Crippen LogP contribution in [0.3, 0.4) is 0 Å². The molecule has 0 unspecified atom stereocenters. The lowest BCUT2D eigenvalue weighted by Gasteiger charge is -1.97. The lowest BCUT2D eigenvalue weighted by atomic mass is 10.7. The Hall–Kier alpha value is -0.520. The van der Waals surface area contributed by atoms with E-state index in [0.29, 0.717) is 14.1 Å². The van der Waals surface area contributed by atoms with E-state index in [9.17, 15) is 4.79 Å². The van der Waals surface area contributed by atoms with E-state index >= 15 is 0 Å². The molecule has 17 heavy (non-hydrogen) atoms. The van der Waals surface area contributed by atoms with Gasteiger partial charge in [-0.25, -0.2) is 9.67 Å². The third kappa shape index (κ3) is 3.24. The number of carboxylic acid groups (broad SMARTS) is 1. The van der Waals surface area contributed by atoms with Crippen LogP contribution in [0.1, 0.15) is 0 Å². The van der Waals surface area contributed by atoms with E-state index in [1.807, 2.05) is 0 Å². The molecule has 2 aromatic heterocycles. The molecule has 11 heteroatoms. The number of rotatable bonds is 4. The smallest absolute Gasteiger partial charge is 0.325 e. The van der Waals surface area contributed by atoms with Crippen molar-refractivity contribution in [1.82, 2.24) is 25.2 Å². The van der Waals surface area contributed by atoms with E-state index in [4.69, 9.17) is 5.11 Å². The van der Waals surface area contributed by atoms with Gasteiger partial charge in [-0.2, -0.15) is 0 Å². The average Bonchev–Trinajstić information content (AvgIpc) is 2.76. The standard InChI is InChI=1S/C6H3Br2N5O2S2/c7-3-4(8)16-6(9-3)17-5-10-11-12-13(5)1-2(14)15/h1H2,(H,14,15). The zero-order chi connectivity index (χ0) is 12.4. The van der Waals surface area contributed by atoms with Crippen molar-refractivity contribution in [2.45, 2.75) is 16.0 Å². The highest BCUT2D eigenvalue weighted by Crippen LogP contribution is 2.36. The average molecular weight is 401 g/mol. The van der Waals surface area contributed by atoms with E-state index in [1.165, 1.54) is 27.8 Å². The normalized spacial score (nSPS) is 10.7. The summed E-state index contributed by atoms with van der Waals surface area (Å²) in [7, 11) is 0. The first-order valence-electron chi connectivity index (χ1n) is 4.04. The molecule has 7 nitrogen and oxygen atoms in total. The maximum atomic E-state index is 10.6. The summed E-state index contributed by atoms with van der Waals surface area (Å²) in [6.45, 7) is -0.275. The molecule has 2 aromatic rings. The van der Waals surface area contributed by atoms with Crippen LogP contribution in [0.2, 0.25) is 0 Å². The van der Waals surface area contributed by atoms with Crippen LogP contribution in [0.5, 0.6) is 0 Å². The van der Waals surface area contributed by atoms with E-state index in [-0.39, 0.29) is 6.54 Å². The number of carbonyl (C=O) groups is 1. The molecule has 0 aliphatic heterocycles. The summed E-state index contributed by atoms with van der Waals surface area (Å²) in [6.07, 6.45) is 0. The summed E-state index contributed by atoms with van der Waals surface area (Å²) in [6, 6.07) is 0. The summed E-state index contributed by atoms with van der Waals surface area (Å²) >= 11 is 9.20. The summed E-state index contributed by atoms with van der Waals surface area (Å²) in [4.78, 5) is 14.8. The Morgan fingerprint density at radius 3 is 2.88 bits per heavy atom. The molecule has 2 rings (SSSR count). The number of hydrogen-bond donors (Lipinski definition) is 1. The Morgan fingerprint density at radius 2 is 2.29 bits per heavy atom. The minimum Gasteiger partial charge on any atom is -0.480 e. The fourth-order valence-electron chi connectivity index (χ4n) is 0.884. The Bertz CT molecular complexity index is 537. The molecule has 1 N–H and O–H groups in total. The van der Waals surface area contributed by atoms with Gasteiger partial charge in [-0.3, -0.25) is 4.79 Å². The van der Waals surface area contributed by atoms with Crippen LogP contribution in [-0.2, 0) is 11.3 Å². The van der Waals surface area contributed by atoms with E-state index < -0.39 is 5.97 Å². The SMILES string of the molecule is O=C(O)Cn1nnnc1Sc1nc(Br)c(Br)s1. The number of aromatic nitrogens is 5. The highest BCUT2D eigenvalue weighted by Gasteiger charge is 2.14. The Labute approximate surface area is 120 Å². The largest absolute Gasteiger partial charge is 0.480 e. The number of hydrogen-bond acceptors (Lipinski definition) is 7. The fraction of sp³-hybridized carbons (Fsp3) is 0.167. The summed E-state index contributed by atoms with van der Waals surface area (Å²) in [5.74, 6) is -0.999. The van der Waals surface area contributed by atoms with Gasteiger partial charge in [0.15, 0.2) is 4.34 Å². The van der Waals surface area contributed by atoms with Crippen LogP contribution in [0, 0.1) is 0 Å². The third-order valence-corrected chi connectivity index (χ3v) is 5.60. The lowest BCUT2D eigenvalue weighted by Crippen LogP contribution is -2.11. The molecular weight excluding hydrogens is 398 g/mol. The van der Waals surface area contributed by atoms with Crippen LogP contribution in [-0.4, -0.2) is 36.3 Å². The first kappa shape index (κ1) is 12.9. The summed E-state index contributed by atoms with van der Waals surface area (Å²) in [5, 5.41) is 19.8. The predicted octanol–water partition coefficient (Wildman–Crippen LogP) is 1.89. The maximum absolute atomic E-state index is 10.6. The van der Waals surface area contributed by atoms with Crippen molar-refractivity contribution in [2.75, 3.05) is 0 Å². The van der Waals surface area contributed by atoms with Gasteiger partial charge in [0.25, 0.3) is 0 Å². The van der Waals surface area contributed by atoms with Crippen molar-refractivity contribution < 1.29 is 9.90 Å². The van der Waals surface area contributed by atoms with Crippen molar-refractivity contribution in [1.29, 1.82) is 0 Å². The highest BCUT2D eigenvalue weighted by atomic mass is 79.9. The Balaban J connectivity index is 2.18. The number of tetrazole rings is 1. The second kappa shape index (κ2) is 5.42. The maximum Gasteiger partial charge on any atom is 0.325 e. The van der Waals surface area contributed by atoms with Crippen LogP contribution in [0.15, 0.2) is 17.9 Å². The third-order valence-electron chi connectivity index (χ3n) is 1.49. The van der Waals surface area contributed by atoms with Crippen molar-refractivity contribution in [3.63, 3.8) is 0 Å². The van der Waals surface area contributed by atoms with E-state index in [0.717, 1.165) is 3.79 Å². The van der Waals surface area contributed by atoms with Gasteiger partial charge in [-0.05, 0) is 54.0 Å². The van der Waals surface area contributed by atoms with Crippen LogP contribution >= 0.6 is 55.0 Å². The monoisotopic (exact) mass is 399 g/mol. The van der Waals surface area contributed by atoms with Gasteiger partial charge >= 0.3 is 5.97 Å². The van der Waals surface area contributed by atoms with Crippen molar-refractivity contribution in [3.8, 4) is 0 Å². The highest BCUT2D eigenvalue weighted by molar-refractivity contribution is 9.13. The predicted molar refractivity (Wildman–Crippen MR) is 67.1 cm³/mol. The molecule has 0 aliphatic rings. The second-order valence-electron chi connectivity index (χ2n) is 2.66. The quantitative estimate of drug-likeness (QED) is 0.837. The molecule has 0 aromatic carbocycles. The molecule has 0 fully saturated rings. The fourth-order valence-corrected chi connectivity index (χ4v) is 4.05. The zero-order valence-corrected chi connectivity index (χ0v) is 12.7. The van der Waals surface area contributed by atoms with Gasteiger partial charge in [0.05, 0.1) is 0 Å². The van der Waals surface area contributed by atoms with Crippen molar-refractivity contribution in [2.24, 2.45) is 0 Å². The van der Waals surface area contributed by atoms with Gasteiger partial charge in [-0.1, -0.05) is 11.3 Å². The lowest BCUT2D eigenvalue weighted by molar-refractivity contribution is -0.138. The van der Waals surface area contributed by atoms with Crippen LogP contribution in [0.25, 0.3) is 0 Å². The van der Waals surface area contributed by atoms with Gasteiger partial charge < -0.3 is 5.11 Å². The number of aliphatic carboxylic acids is 1. The summed E-state index contributed by atoms with van der Waals surface area (Å²) < 4.78 is 3.47. The molecule has 0 saturated carbocycles. The molecule has 90 valence electrons. The van der Waals surface area contributed by atoms with Gasteiger partial charge in [0.2, 0.25) is 5.16 Å². The Kier molecular flexibility index (Phi) is 4.12. The van der Waals surface area contributed by atoms with Crippen LogP contribution < -0.4 is 0 Å². The molecule has 0 amide bonds. The minimum atomic E-state index is -0.999. The van der Waals surface area contributed by atoms with Gasteiger partial charge in [0, 0.05) is 0 Å². The van der Waals surface area contributed by atoms with Crippen molar-refractivity contribution >= 4 is 60.9 Å². The molecule has 0 bridgehead atoms.